The first-order valence-corrected chi connectivity index (χ1v) is 8.08. The number of rotatable bonds is 7. The van der Waals surface area contributed by atoms with Crippen LogP contribution < -0.4 is 0 Å². The van der Waals surface area contributed by atoms with Crippen molar-refractivity contribution in [2.75, 3.05) is 0 Å². The summed E-state index contributed by atoms with van der Waals surface area (Å²) in [6.45, 7) is 4.32. The molecule has 114 valence electrons. The maximum absolute atomic E-state index is 12.6. The fourth-order valence-corrected chi connectivity index (χ4v) is 2.87. The lowest BCUT2D eigenvalue weighted by Gasteiger charge is -2.20. The van der Waals surface area contributed by atoms with Crippen molar-refractivity contribution in [3.63, 3.8) is 0 Å². The van der Waals surface area contributed by atoms with Crippen LogP contribution in [0.3, 0.4) is 0 Å². The molecule has 0 N–H and O–H groups in total. The van der Waals surface area contributed by atoms with E-state index >= 15 is 0 Å². The number of carbonyl (C=O) groups excluding carboxylic acids is 1. The molecule has 0 radical (unpaired) electrons. The van der Waals surface area contributed by atoms with Crippen LogP contribution in [0.1, 0.15) is 54.9 Å². The smallest absolute Gasteiger partial charge is 0.163 e. The van der Waals surface area contributed by atoms with Gasteiger partial charge >= 0.3 is 0 Å². The van der Waals surface area contributed by atoms with Crippen LogP contribution in [-0.2, 0) is 0 Å². The number of benzene rings is 2. The van der Waals surface area contributed by atoms with E-state index in [-0.39, 0.29) is 11.7 Å². The third-order valence-electron chi connectivity index (χ3n) is 4.01. The Bertz CT molecular complexity index is 611. The summed E-state index contributed by atoms with van der Waals surface area (Å²) in [5.41, 5.74) is 3.39. The van der Waals surface area contributed by atoms with E-state index in [9.17, 15) is 4.79 Å². The minimum atomic E-state index is 0.179. The average Bonchev–Trinajstić information content (AvgIpc) is 2.59. The van der Waals surface area contributed by atoms with Crippen LogP contribution in [0.4, 0.5) is 0 Å². The standard InChI is InChI=1S/C21H24O/c1-3-11-17(4-2)20(18-12-7-5-8-13-18)16-21(22)19-14-9-6-10-15-19/h5-15,20H,3-4,16H2,1-2H3. The lowest BCUT2D eigenvalue weighted by Crippen LogP contribution is -2.10. The molecule has 2 aromatic rings. The Morgan fingerprint density at radius 3 is 2.09 bits per heavy atom. The molecule has 2 rings (SSSR count). The summed E-state index contributed by atoms with van der Waals surface area (Å²) in [7, 11) is 0. The van der Waals surface area contributed by atoms with Gasteiger partial charge in [-0.15, -0.1) is 0 Å². The van der Waals surface area contributed by atoms with Crippen molar-refractivity contribution < 1.29 is 4.79 Å². The zero-order chi connectivity index (χ0) is 15.8. The van der Waals surface area contributed by atoms with Gasteiger partial charge in [-0.05, 0) is 18.4 Å². The van der Waals surface area contributed by atoms with Gasteiger partial charge in [0.2, 0.25) is 0 Å². The molecular weight excluding hydrogens is 268 g/mol. The Kier molecular flexibility index (Phi) is 6.14. The van der Waals surface area contributed by atoms with Crippen molar-refractivity contribution >= 4 is 5.78 Å². The van der Waals surface area contributed by atoms with E-state index in [1.54, 1.807) is 0 Å². The van der Waals surface area contributed by atoms with Crippen LogP contribution in [0.25, 0.3) is 0 Å². The number of hydrogen-bond acceptors (Lipinski definition) is 1. The summed E-state index contributed by atoms with van der Waals surface area (Å²) < 4.78 is 0. The van der Waals surface area contributed by atoms with Crippen molar-refractivity contribution in [3.8, 4) is 0 Å². The van der Waals surface area contributed by atoms with E-state index in [1.165, 1.54) is 11.1 Å². The maximum atomic E-state index is 12.6. The highest BCUT2D eigenvalue weighted by molar-refractivity contribution is 5.96. The molecule has 0 aliphatic heterocycles. The Balaban J connectivity index is 2.29. The molecule has 0 bridgehead atoms. The second kappa shape index (κ2) is 8.33. The molecule has 0 amide bonds. The van der Waals surface area contributed by atoms with Gasteiger partial charge in [0.05, 0.1) is 0 Å². The minimum Gasteiger partial charge on any atom is -0.294 e. The summed E-state index contributed by atoms with van der Waals surface area (Å²) in [4.78, 5) is 12.6. The molecule has 0 aliphatic carbocycles. The van der Waals surface area contributed by atoms with E-state index in [4.69, 9.17) is 0 Å². The highest BCUT2D eigenvalue weighted by Gasteiger charge is 2.19. The third-order valence-corrected chi connectivity index (χ3v) is 4.01. The van der Waals surface area contributed by atoms with Gasteiger partial charge in [0.15, 0.2) is 5.78 Å². The van der Waals surface area contributed by atoms with E-state index in [0.29, 0.717) is 6.42 Å². The quantitative estimate of drug-likeness (QED) is 0.466. The lowest BCUT2D eigenvalue weighted by atomic mass is 9.84. The SMILES string of the molecule is CCC=C(CC)C(CC(=O)c1ccccc1)c1ccccc1. The average molecular weight is 292 g/mol. The fourth-order valence-electron chi connectivity index (χ4n) is 2.87. The molecule has 0 heterocycles. The van der Waals surface area contributed by atoms with E-state index in [2.05, 4.69) is 44.2 Å². The van der Waals surface area contributed by atoms with Gasteiger partial charge in [0.1, 0.15) is 0 Å². The van der Waals surface area contributed by atoms with Crippen LogP contribution in [0.15, 0.2) is 72.3 Å². The molecule has 0 saturated carbocycles. The van der Waals surface area contributed by atoms with Crippen LogP contribution in [0.5, 0.6) is 0 Å². The highest BCUT2D eigenvalue weighted by Crippen LogP contribution is 2.31. The lowest BCUT2D eigenvalue weighted by molar-refractivity contribution is 0.0977. The molecule has 1 heteroatoms. The van der Waals surface area contributed by atoms with E-state index in [0.717, 1.165) is 18.4 Å². The summed E-state index contributed by atoms with van der Waals surface area (Å²) in [6.07, 6.45) is 4.80. The molecule has 1 nitrogen and oxygen atoms in total. The first-order chi connectivity index (χ1) is 10.8. The van der Waals surface area contributed by atoms with Crippen molar-refractivity contribution in [1.82, 2.24) is 0 Å². The van der Waals surface area contributed by atoms with Gasteiger partial charge in [-0.3, -0.25) is 4.79 Å². The van der Waals surface area contributed by atoms with Gasteiger partial charge in [-0.1, -0.05) is 86.2 Å². The number of allylic oxidation sites excluding steroid dienone is 2. The minimum absolute atomic E-state index is 0.179. The first-order valence-electron chi connectivity index (χ1n) is 8.08. The van der Waals surface area contributed by atoms with Gasteiger partial charge in [-0.25, -0.2) is 0 Å². The Hall–Kier alpha value is -2.15. The Morgan fingerprint density at radius 1 is 0.955 bits per heavy atom. The molecule has 0 spiro atoms. The molecule has 0 fully saturated rings. The van der Waals surface area contributed by atoms with Crippen LogP contribution in [0, 0.1) is 0 Å². The summed E-state index contributed by atoms with van der Waals surface area (Å²) in [5.74, 6) is 0.392. The second-order valence-corrected chi connectivity index (χ2v) is 5.50. The van der Waals surface area contributed by atoms with E-state index < -0.39 is 0 Å². The van der Waals surface area contributed by atoms with Crippen molar-refractivity contribution in [2.45, 2.75) is 39.0 Å². The first kappa shape index (κ1) is 16.2. The normalized spacial score (nSPS) is 12.9. The molecule has 0 aromatic heterocycles. The third kappa shape index (κ3) is 4.17. The van der Waals surface area contributed by atoms with Crippen LogP contribution in [0.2, 0.25) is 0 Å². The molecule has 1 atom stereocenters. The number of Topliss-reactive ketones (excluding diaryl/α,β-unsaturated/α-hetero) is 1. The van der Waals surface area contributed by atoms with Crippen LogP contribution in [-0.4, -0.2) is 5.78 Å². The summed E-state index contributed by atoms with van der Waals surface area (Å²) in [6, 6.07) is 20.0. The molecule has 0 saturated heterocycles. The van der Waals surface area contributed by atoms with Crippen molar-refractivity contribution in [2.24, 2.45) is 0 Å². The molecule has 2 aromatic carbocycles. The molecule has 0 aliphatic rings. The summed E-state index contributed by atoms with van der Waals surface area (Å²) in [5, 5.41) is 0. The maximum Gasteiger partial charge on any atom is 0.163 e. The molecular formula is C21H24O. The topological polar surface area (TPSA) is 17.1 Å². The van der Waals surface area contributed by atoms with Crippen LogP contribution >= 0.6 is 0 Å². The molecule has 22 heavy (non-hydrogen) atoms. The predicted octanol–water partition coefficient (Wildman–Crippen LogP) is 5.79. The number of hydrogen-bond donors (Lipinski definition) is 0. The van der Waals surface area contributed by atoms with Gasteiger partial charge in [0.25, 0.3) is 0 Å². The van der Waals surface area contributed by atoms with E-state index in [1.807, 2.05) is 36.4 Å². The monoisotopic (exact) mass is 292 g/mol. The second-order valence-electron chi connectivity index (χ2n) is 5.50. The Labute approximate surface area is 133 Å². The highest BCUT2D eigenvalue weighted by atomic mass is 16.1. The molecule has 1 unspecified atom stereocenters. The zero-order valence-electron chi connectivity index (χ0n) is 13.5. The number of ketones is 1. The zero-order valence-corrected chi connectivity index (χ0v) is 13.5. The van der Waals surface area contributed by atoms with Crippen molar-refractivity contribution in [1.29, 1.82) is 0 Å². The largest absolute Gasteiger partial charge is 0.294 e. The predicted molar refractivity (Wildman–Crippen MR) is 93.2 cm³/mol. The van der Waals surface area contributed by atoms with Crippen molar-refractivity contribution in [3.05, 3.63) is 83.4 Å². The fraction of sp³-hybridized carbons (Fsp3) is 0.286. The Morgan fingerprint density at radius 2 is 1.55 bits per heavy atom. The van der Waals surface area contributed by atoms with Gasteiger partial charge < -0.3 is 0 Å². The van der Waals surface area contributed by atoms with Gasteiger partial charge in [0, 0.05) is 17.9 Å². The summed E-state index contributed by atoms with van der Waals surface area (Å²) >= 11 is 0. The van der Waals surface area contributed by atoms with Gasteiger partial charge in [-0.2, -0.15) is 0 Å². The number of carbonyl (C=O) groups is 1.